The fourth-order valence-electron chi connectivity index (χ4n) is 1.07. The van der Waals surface area contributed by atoms with Crippen LogP contribution in [0.2, 0.25) is 0 Å². The second-order valence-electron chi connectivity index (χ2n) is 3.37. The molecular weight excluding hydrogens is 224 g/mol. The van der Waals surface area contributed by atoms with Gasteiger partial charge in [0.15, 0.2) is 5.69 Å². The normalized spacial score (nSPS) is 11.6. The first-order chi connectivity index (χ1) is 8.04. The number of hydrogen-bond acceptors (Lipinski definition) is 5. The predicted octanol–water partition coefficient (Wildman–Crippen LogP) is 0.111. The summed E-state index contributed by atoms with van der Waals surface area (Å²) in [6.07, 6.45) is 0. The molecule has 1 rings (SSSR count). The maximum Gasteiger partial charge on any atom is 0.325 e. The quantitative estimate of drug-likeness (QED) is 0.672. The van der Waals surface area contributed by atoms with Crippen molar-refractivity contribution in [3.8, 4) is 0 Å². The molecule has 7 nitrogen and oxygen atoms in total. The van der Waals surface area contributed by atoms with Gasteiger partial charge in [0, 0.05) is 6.54 Å². The molecule has 0 aliphatic rings. The van der Waals surface area contributed by atoms with Gasteiger partial charge in [-0.3, -0.25) is 9.59 Å². The lowest BCUT2D eigenvalue weighted by molar-refractivity contribution is -0.137. The third-order valence-corrected chi connectivity index (χ3v) is 1.97. The number of aromatic nitrogens is 2. The van der Waals surface area contributed by atoms with Crippen LogP contribution in [0.4, 0.5) is 5.82 Å². The topological polar surface area (TPSA) is 104 Å². The molecule has 1 heterocycles. The smallest absolute Gasteiger partial charge is 0.325 e. The minimum atomic E-state index is -0.986. The highest BCUT2D eigenvalue weighted by molar-refractivity contribution is 5.92. The van der Waals surface area contributed by atoms with Crippen LogP contribution in [0.1, 0.15) is 24.3 Å². The van der Waals surface area contributed by atoms with E-state index < -0.39 is 12.0 Å². The first-order valence-corrected chi connectivity index (χ1v) is 5.16. The number of carbonyl (C=O) groups excluding carboxylic acids is 1. The van der Waals surface area contributed by atoms with Crippen molar-refractivity contribution in [3.05, 3.63) is 17.8 Å². The van der Waals surface area contributed by atoms with E-state index in [1.54, 1.807) is 6.92 Å². The number of rotatable bonds is 5. The molecule has 1 unspecified atom stereocenters. The summed E-state index contributed by atoms with van der Waals surface area (Å²) >= 11 is 0. The molecule has 1 atom stereocenters. The monoisotopic (exact) mass is 238 g/mol. The van der Waals surface area contributed by atoms with Crippen LogP contribution in [0.15, 0.2) is 12.1 Å². The van der Waals surface area contributed by atoms with E-state index in [0.717, 1.165) is 0 Å². The van der Waals surface area contributed by atoms with Crippen LogP contribution in [0.3, 0.4) is 0 Å². The third-order valence-electron chi connectivity index (χ3n) is 1.97. The van der Waals surface area contributed by atoms with Crippen molar-refractivity contribution in [2.45, 2.75) is 19.9 Å². The van der Waals surface area contributed by atoms with E-state index in [-0.39, 0.29) is 11.6 Å². The fraction of sp³-hybridized carbons (Fsp3) is 0.400. The SMILES string of the molecule is CCNC(=O)c1ccc(NC(C)C(=O)O)nn1. The third kappa shape index (κ3) is 3.71. The van der Waals surface area contributed by atoms with Gasteiger partial charge in [0.25, 0.3) is 5.91 Å². The Morgan fingerprint density at radius 2 is 2.12 bits per heavy atom. The summed E-state index contributed by atoms with van der Waals surface area (Å²) in [4.78, 5) is 21.9. The largest absolute Gasteiger partial charge is 0.480 e. The molecular formula is C10H14N4O3. The number of carboxylic acids is 1. The Morgan fingerprint density at radius 3 is 2.59 bits per heavy atom. The number of carboxylic acid groups (broad SMARTS) is 1. The van der Waals surface area contributed by atoms with Crippen LogP contribution >= 0.6 is 0 Å². The Balaban J connectivity index is 2.68. The van der Waals surface area contributed by atoms with Crippen LogP contribution in [-0.2, 0) is 4.79 Å². The average molecular weight is 238 g/mol. The second-order valence-corrected chi connectivity index (χ2v) is 3.37. The number of nitrogens with one attached hydrogen (secondary N) is 2. The number of amides is 1. The highest BCUT2D eigenvalue weighted by Crippen LogP contribution is 2.04. The Hall–Kier alpha value is -2.18. The summed E-state index contributed by atoms with van der Waals surface area (Å²) in [7, 11) is 0. The molecule has 17 heavy (non-hydrogen) atoms. The van der Waals surface area contributed by atoms with Gasteiger partial charge in [-0.2, -0.15) is 0 Å². The first kappa shape index (κ1) is 12.9. The molecule has 0 fully saturated rings. The molecule has 1 aromatic heterocycles. The van der Waals surface area contributed by atoms with Crippen molar-refractivity contribution in [1.82, 2.24) is 15.5 Å². The molecule has 0 aromatic carbocycles. The lowest BCUT2D eigenvalue weighted by Gasteiger charge is -2.09. The van der Waals surface area contributed by atoms with E-state index >= 15 is 0 Å². The minimum Gasteiger partial charge on any atom is -0.480 e. The molecule has 0 saturated heterocycles. The van der Waals surface area contributed by atoms with Crippen molar-refractivity contribution >= 4 is 17.7 Å². The Morgan fingerprint density at radius 1 is 1.41 bits per heavy atom. The maximum atomic E-state index is 11.4. The predicted molar refractivity (Wildman–Crippen MR) is 60.8 cm³/mol. The van der Waals surface area contributed by atoms with Crippen molar-refractivity contribution in [1.29, 1.82) is 0 Å². The van der Waals surface area contributed by atoms with Gasteiger partial charge >= 0.3 is 5.97 Å². The second kappa shape index (κ2) is 5.78. The zero-order chi connectivity index (χ0) is 12.8. The zero-order valence-corrected chi connectivity index (χ0v) is 9.60. The van der Waals surface area contributed by atoms with Crippen LogP contribution in [0.25, 0.3) is 0 Å². The highest BCUT2D eigenvalue weighted by atomic mass is 16.4. The number of carbonyl (C=O) groups is 2. The standard InChI is InChI=1S/C10H14N4O3/c1-3-11-9(15)7-4-5-8(14-13-7)12-6(2)10(16)17/h4-6H,3H2,1-2H3,(H,11,15)(H,12,14)(H,16,17). The minimum absolute atomic E-state index is 0.195. The summed E-state index contributed by atoms with van der Waals surface area (Å²) in [6, 6.07) is 2.23. The van der Waals surface area contributed by atoms with E-state index in [9.17, 15) is 9.59 Å². The zero-order valence-electron chi connectivity index (χ0n) is 9.60. The van der Waals surface area contributed by atoms with Gasteiger partial charge in [0.1, 0.15) is 11.9 Å². The van der Waals surface area contributed by atoms with Gasteiger partial charge in [-0.1, -0.05) is 0 Å². The van der Waals surface area contributed by atoms with Gasteiger partial charge in [0.05, 0.1) is 0 Å². The van der Waals surface area contributed by atoms with Crippen LogP contribution in [-0.4, -0.2) is 39.8 Å². The van der Waals surface area contributed by atoms with Gasteiger partial charge in [-0.05, 0) is 26.0 Å². The van der Waals surface area contributed by atoms with Crippen LogP contribution in [0, 0.1) is 0 Å². The van der Waals surface area contributed by atoms with E-state index in [2.05, 4.69) is 20.8 Å². The molecule has 1 aromatic rings. The highest BCUT2D eigenvalue weighted by Gasteiger charge is 2.12. The lowest BCUT2D eigenvalue weighted by atomic mass is 10.3. The summed E-state index contributed by atoms with van der Waals surface area (Å²) in [5, 5.41) is 21.3. The Kier molecular flexibility index (Phi) is 4.38. The summed E-state index contributed by atoms with van der Waals surface area (Å²) in [5.74, 6) is -0.981. The number of aliphatic carboxylic acids is 1. The molecule has 0 saturated carbocycles. The molecule has 0 radical (unpaired) electrons. The van der Waals surface area contributed by atoms with Crippen LogP contribution < -0.4 is 10.6 Å². The lowest BCUT2D eigenvalue weighted by Crippen LogP contribution is -2.27. The first-order valence-electron chi connectivity index (χ1n) is 5.16. The molecule has 0 aliphatic carbocycles. The molecule has 0 spiro atoms. The van der Waals surface area contributed by atoms with Crippen molar-refractivity contribution in [2.24, 2.45) is 0 Å². The van der Waals surface area contributed by atoms with E-state index in [1.165, 1.54) is 19.1 Å². The fourth-order valence-corrected chi connectivity index (χ4v) is 1.07. The van der Waals surface area contributed by atoms with Crippen molar-refractivity contribution in [2.75, 3.05) is 11.9 Å². The number of nitrogens with zero attached hydrogens (tertiary/aromatic N) is 2. The van der Waals surface area contributed by atoms with Crippen molar-refractivity contribution in [3.63, 3.8) is 0 Å². The van der Waals surface area contributed by atoms with Gasteiger partial charge in [-0.25, -0.2) is 0 Å². The summed E-state index contributed by atoms with van der Waals surface area (Å²) < 4.78 is 0. The number of hydrogen-bond donors (Lipinski definition) is 3. The molecule has 3 N–H and O–H groups in total. The van der Waals surface area contributed by atoms with Gasteiger partial charge in [-0.15, -0.1) is 10.2 Å². The van der Waals surface area contributed by atoms with Crippen molar-refractivity contribution < 1.29 is 14.7 Å². The van der Waals surface area contributed by atoms with Gasteiger partial charge < -0.3 is 15.7 Å². The Bertz CT molecular complexity index is 405. The summed E-state index contributed by atoms with van der Waals surface area (Å²) in [5.41, 5.74) is 0.195. The van der Waals surface area contributed by atoms with Gasteiger partial charge in [0.2, 0.25) is 0 Å². The van der Waals surface area contributed by atoms with E-state index in [0.29, 0.717) is 12.4 Å². The molecule has 0 aliphatic heterocycles. The molecule has 92 valence electrons. The van der Waals surface area contributed by atoms with E-state index in [4.69, 9.17) is 5.11 Å². The average Bonchev–Trinajstić information content (AvgIpc) is 2.30. The summed E-state index contributed by atoms with van der Waals surface area (Å²) in [6.45, 7) is 3.80. The Labute approximate surface area is 98.2 Å². The maximum absolute atomic E-state index is 11.4. The molecule has 7 heteroatoms. The van der Waals surface area contributed by atoms with E-state index in [1.807, 2.05) is 0 Å². The molecule has 0 bridgehead atoms. The number of anilines is 1. The van der Waals surface area contributed by atoms with Crippen LogP contribution in [0.5, 0.6) is 0 Å². The molecule has 1 amide bonds.